The predicted octanol–water partition coefficient (Wildman–Crippen LogP) is 2.61. The normalized spacial score (nSPS) is 10.7. The average molecular weight is 310 g/mol. The molecule has 0 unspecified atom stereocenters. The lowest BCUT2D eigenvalue weighted by atomic mass is 10.1. The number of carboxylic acids is 1. The zero-order valence-corrected chi connectivity index (χ0v) is 12.6. The van der Waals surface area contributed by atoms with Crippen LogP contribution < -0.4 is 10.3 Å². The third kappa shape index (κ3) is 2.55. The fourth-order valence-corrected chi connectivity index (χ4v) is 2.51. The zero-order chi connectivity index (χ0) is 16.6. The highest BCUT2D eigenvalue weighted by Crippen LogP contribution is 2.30. The Morgan fingerprint density at radius 3 is 2.74 bits per heavy atom. The van der Waals surface area contributed by atoms with E-state index in [1.165, 1.54) is 18.2 Å². The number of hydrogen-bond donors (Lipinski definition) is 2. The van der Waals surface area contributed by atoms with Gasteiger partial charge in [0.05, 0.1) is 29.1 Å². The summed E-state index contributed by atoms with van der Waals surface area (Å²) in [6, 6.07) is 9.84. The zero-order valence-electron chi connectivity index (χ0n) is 12.6. The maximum absolute atomic E-state index is 12.3. The summed E-state index contributed by atoms with van der Waals surface area (Å²) in [6.45, 7) is 1.90. The van der Waals surface area contributed by atoms with Crippen molar-refractivity contribution in [3.63, 3.8) is 0 Å². The Hall–Kier alpha value is -3.15. The van der Waals surface area contributed by atoms with Gasteiger partial charge in [0, 0.05) is 0 Å². The molecule has 0 aliphatic heterocycles. The minimum absolute atomic E-state index is 0.0469. The van der Waals surface area contributed by atoms with Crippen LogP contribution in [0, 0.1) is 6.92 Å². The number of aryl methyl sites for hydroxylation is 1. The van der Waals surface area contributed by atoms with E-state index < -0.39 is 11.5 Å². The summed E-state index contributed by atoms with van der Waals surface area (Å²) in [5.74, 6) is -0.0704. The summed E-state index contributed by atoms with van der Waals surface area (Å²) in [4.78, 5) is 30.4. The Kier molecular flexibility index (Phi) is 3.57. The predicted molar refractivity (Wildman–Crippen MR) is 86.0 cm³/mol. The Morgan fingerprint density at radius 1 is 1.26 bits per heavy atom. The molecule has 0 amide bonds. The molecule has 116 valence electrons. The number of aromatic amines is 1. The van der Waals surface area contributed by atoms with Crippen LogP contribution in [0.4, 0.5) is 0 Å². The van der Waals surface area contributed by atoms with Crippen molar-refractivity contribution in [3.8, 4) is 17.1 Å². The fourth-order valence-electron chi connectivity index (χ4n) is 2.51. The van der Waals surface area contributed by atoms with Crippen LogP contribution in [0.25, 0.3) is 22.3 Å². The van der Waals surface area contributed by atoms with E-state index >= 15 is 0 Å². The minimum Gasteiger partial charge on any atom is -0.496 e. The van der Waals surface area contributed by atoms with E-state index in [0.29, 0.717) is 22.7 Å². The molecule has 23 heavy (non-hydrogen) atoms. The first-order valence-corrected chi connectivity index (χ1v) is 6.92. The first-order chi connectivity index (χ1) is 11.0. The molecule has 0 atom stereocenters. The van der Waals surface area contributed by atoms with Crippen molar-refractivity contribution >= 4 is 16.9 Å². The van der Waals surface area contributed by atoms with Gasteiger partial charge in [0.2, 0.25) is 0 Å². The smallest absolute Gasteiger partial charge is 0.335 e. The second-order valence-corrected chi connectivity index (χ2v) is 5.11. The van der Waals surface area contributed by atoms with Crippen molar-refractivity contribution in [1.29, 1.82) is 0 Å². The number of nitrogens with zero attached hydrogens (tertiary/aromatic N) is 1. The minimum atomic E-state index is -1.09. The highest BCUT2D eigenvalue weighted by molar-refractivity contribution is 5.93. The molecule has 6 heteroatoms. The van der Waals surface area contributed by atoms with Gasteiger partial charge in [-0.1, -0.05) is 12.1 Å². The average Bonchev–Trinajstić information content (AvgIpc) is 2.54. The van der Waals surface area contributed by atoms with E-state index in [0.717, 1.165) is 5.56 Å². The Bertz CT molecular complexity index is 976. The van der Waals surface area contributed by atoms with Gasteiger partial charge in [-0.3, -0.25) is 4.79 Å². The number of methoxy groups -OCH3 is 1. The quantitative estimate of drug-likeness (QED) is 0.775. The Morgan fingerprint density at radius 2 is 2.04 bits per heavy atom. The number of fused-ring (bicyclic) bond motifs is 1. The maximum atomic E-state index is 12.3. The first kappa shape index (κ1) is 14.8. The summed E-state index contributed by atoms with van der Waals surface area (Å²) in [5.41, 5.74) is 1.68. The second kappa shape index (κ2) is 5.57. The van der Waals surface area contributed by atoms with Gasteiger partial charge in [-0.15, -0.1) is 0 Å². The van der Waals surface area contributed by atoms with E-state index in [4.69, 9.17) is 9.84 Å². The number of ether oxygens (including phenoxy) is 1. The summed E-state index contributed by atoms with van der Waals surface area (Å²) >= 11 is 0. The molecule has 1 heterocycles. The maximum Gasteiger partial charge on any atom is 0.335 e. The summed E-state index contributed by atoms with van der Waals surface area (Å²) < 4.78 is 5.39. The van der Waals surface area contributed by atoms with Gasteiger partial charge in [-0.25, -0.2) is 9.78 Å². The van der Waals surface area contributed by atoms with Crippen molar-refractivity contribution in [3.05, 3.63) is 57.9 Å². The van der Waals surface area contributed by atoms with Crippen molar-refractivity contribution in [2.45, 2.75) is 6.92 Å². The van der Waals surface area contributed by atoms with Crippen LogP contribution in [0.3, 0.4) is 0 Å². The van der Waals surface area contributed by atoms with Gasteiger partial charge in [0.1, 0.15) is 11.6 Å². The van der Waals surface area contributed by atoms with Crippen molar-refractivity contribution in [2.24, 2.45) is 0 Å². The van der Waals surface area contributed by atoms with Gasteiger partial charge in [-0.05, 0) is 36.8 Å². The monoisotopic (exact) mass is 310 g/mol. The van der Waals surface area contributed by atoms with Crippen LogP contribution in [0.2, 0.25) is 0 Å². The number of carbonyl (C=O) groups is 1. The van der Waals surface area contributed by atoms with E-state index in [9.17, 15) is 9.59 Å². The molecular weight excluding hydrogens is 296 g/mol. The summed E-state index contributed by atoms with van der Waals surface area (Å²) in [7, 11) is 1.56. The van der Waals surface area contributed by atoms with Crippen molar-refractivity contribution in [2.75, 3.05) is 7.11 Å². The third-order valence-electron chi connectivity index (χ3n) is 3.62. The molecule has 2 N–H and O–H groups in total. The lowest BCUT2D eigenvalue weighted by Gasteiger charge is -2.11. The number of para-hydroxylation sites is 1. The molecule has 0 radical (unpaired) electrons. The first-order valence-electron chi connectivity index (χ1n) is 6.92. The van der Waals surface area contributed by atoms with E-state index in [1.54, 1.807) is 7.11 Å². The van der Waals surface area contributed by atoms with Gasteiger partial charge < -0.3 is 14.8 Å². The topological polar surface area (TPSA) is 92.3 Å². The molecule has 0 bridgehead atoms. The van der Waals surface area contributed by atoms with Crippen LogP contribution in [-0.4, -0.2) is 28.2 Å². The van der Waals surface area contributed by atoms with Crippen LogP contribution >= 0.6 is 0 Å². The number of aromatic carboxylic acids is 1. The third-order valence-corrected chi connectivity index (χ3v) is 3.62. The van der Waals surface area contributed by atoms with Crippen LogP contribution in [0.5, 0.6) is 5.75 Å². The van der Waals surface area contributed by atoms with Gasteiger partial charge in [-0.2, -0.15) is 0 Å². The van der Waals surface area contributed by atoms with Crippen molar-refractivity contribution < 1.29 is 14.6 Å². The van der Waals surface area contributed by atoms with E-state index in [-0.39, 0.29) is 10.9 Å². The highest BCUT2D eigenvalue weighted by atomic mass is 16.5. The molecule has 3 rings (SSSR count). The van der Waals surface area contributed by atoms with Crippen LogP contribution in [0.1, 0.15) is 15.9 Å². The molecule has 6 nitrogen and oxygen atoms in total. The number of rotatable bonds is 3. The molecule has 0 aliphatic rings. The summed E-state index contributed by atoms with van der Waals surface area (Å²) in [5, 5.41) is 9.25. The largest absolute Gasteiger partial charge is 0.496 e. The molecule has 0 spiro atoms. The molecule has 0 aliphatic carbocycles. The molecule has 0 saturated heterocycles. The van der Waals surface area contributed by atoms with Gasteiger partial charge in [0.15, 0.2) is 0 Å². The fraction of sp³-hybridized carbons (Fsp3) is 0.118. The van der Waals surface area contributed by atoms with E-state index in [2.05, 4.69) is 9.97 Å². The van der Waals surface area contributed by atoms with Crippen molar-refractivity contribution in [1.82, 2.24) is 9.97 Å². The molecule has 2 aromatic carbocycles. The highest BCUT2D eigenvalue weighted by Gasteiger charge is 2.13. The molecule has 0 saturated carbocycles. The van der Waals surface area contributed by atoms with Gasteiger partial charge >= 0.3 is 5.97 Å². The number of aromatic nitrogens is 2. The SMILES string of the molecule is COc1c(C)cccc1-c1nc2ccc(C(=O)O)cc2c(=O)[nH]1. The number of benzene rings is 2. The number of nitrogens with one attached hydrogen (secondary N) is 1. The van der Waals surface area contributed by atoms with Crippen LogP contribution in [0.15, 0.2) is 41.2 Å². The lowest BCUT2D eigenvalue weighted by molar-refractivity contribution is 0.0697. The number of carboxylic acid groups (broad SMARTS) is 1. The molecular formula is C17H14N2O4. The molecule has 3 aromatic rings. The Balaban J connectivity index is 2.26. The lowest BCUT2D eigenvalue weighted by Crippen LogP contribution is -2.11. The summed E-state index contributed by atoms with van der Waals surface area (Å²) in [6.07, 6.45) is 0. The van der Waals surface area contributed by atoms with Gasteiger partial charge in [0.25, 0.3) is 5.56 Å². The number of hydrogen-bond acceptors (Lipinski definition) is 4. The Labute approximate surface area is 131 Å². The van der Waals surface area contributed by atoms with E-state index in [1.807, 2.05) is 25.1 Å². The molecule has 0 fully saturated rings. The second-order valence-electron chi connectivity index (χ2n) is 5.11. The number of H-pyrrole nitrogens is 1. The molecule has 1 aromatic heterocycles. The standard InChI is InChI=1S/C17H14N2O4/c1-9-4-3-5-11(14(9)23-2)15-18-13-7-6-10(17(21)22)8-12(13)16(20)19-15/h3-8H,1-2H3,(H,21,22)(H,18,19,20). The van der Waals surface area contributed by atoms with Crippen LogP contribution in [-0.2, 0) is 0 Å².